The standard InChI is InChI=1S/C14H22N4O3/c1-17-5-7-18(8-6-17)16-14(19)12-3-4-15-13(11-12)21-10-9-20-2/h3-4,11H,5-10H2,1-2H3,(H,16,19). The predicted octanol–water partition coefficient (Wildman–Crippen LogP) is -0.001000. The fourth-order valence-electron chi connectivity index (χ4n) is 1.99. The van der Waals surface area contributed by atoms with E-state index in [0.29, 0.717) is 24.7 Å². The van der Waals surface area contributed by atoms with E-state index in [4.69, 9.17) is 9.47 Å². The van der Waals surface area contributed by atoms with Crippen LogP contribution < -0.4 is 10.2 Å². The van der Waals surface area contributed by atoms with Crippen molar-refractivity contribution in [1.82, 2.24) is 20.3 Å². The third kappa shape index (κ3) is 4.96. The first kappa shape index (κ1) is 15.7. The Morgan fingerprint density at radius 3 is 2.81 bits per heavy atom. The number of hydrogen-bond donors (Lipinski definition) is 1. The number of piperazine rings is 1. The van der Waals surface area contributed by atoms with Gasteiger partial charge in [0, 0.05) is 51.1 Å². The normalized spacial score (nSPS) is 16.7. The lowest BCUT2D eigenvalue weighted by molar-refractivity contribution is 0.0662. The van der Waals surface area contributed by atoms with Gasteiger partial charge in [0.2, 0.25) is 5.88 Å². The topological polar surface area (TPSA) is 66.9 Å². The second kappa shape index (κ2) is 7.92. The lowest BCUT2D eigenvalue weighted by Gasteiger charge is -2.32. The van der Waals surface area contributed by atoms with Gasteiger partial charge in [-0.05, 0) is 13.1 Å². The molecule has 116 valence electrons. The predicted molar refractivity (Wildman–Crippen MR) is 78.1 cm³/mol. The van der Waals surface area contributed by atoms with Gasteiger partial charge in [-0.25, -0.2) is 9.99 Å². The second-order valence-electron chi connectivity index (χ2n) is 4.96. The zero-order valence-corrected chi connectivity index (χ0v) is 12.5. The highest BCUT2D eigenvalue weighted by atomic mass is 16.5. The molecule has 1 fully saturated rings. The van der Waals surface area contributed by atoms with E-state index < -0.39 is 0 Å². The summed E-state index contributed by atoms with van der Waals surface area (Å²) in [6.07, 6.45) is 1.57. The molecule has 2 heterocycles. The number of hydrazine groups is 1. The van der Waals surface area contributed by atoms with Gasteiger partial charge in [-0.1, -0.05) is 0 Å². The lowest BCUT2D eigenvalue weighted by atomic mass is 10.2. The molecule has 1 amide bonds. The number of likely N-dealkylation sites (N-methyl/N-ethyl adjacent to an activating group) is 1. The Morgan fingerprint density at radius 1 is 1.33 bits per heavy atom. The molecule has 0 atom stereocenters. The highest BCUT2D eigenvalue weighted by molar-refractivity contribution is 5.94. The van der Waals surface area contributed by atoms with E-state index >= 15 is 0 Å². The SMILES string of the molecule is COCCOc1cc(C(=O)NN2CCN(C)CC2)ccn1. The number of methoxy groups -OCH3 is 1. The van der Waals surface area contributed by atoms with Gasteiger partial charge in [-0.2, -0.15) is 0 Å². The minimum absolute atomic E-state index is 0.140. The molecule has 0 aromatic carbocycles. The third-order valence-corrected chi connectivity index (χ3v) is 3.30. The van der Waals surface area contributed by atoms with Gasteiger partial charge in [0.25, 0.3) is 5.91 Å². The average Bonchev–Trinajstić information content (AvgIpc) is 2.50. The minimum atomic E-state index is -0.140. The number of nitrogens with one attached hydrogen (secondary N) is 1. The molecule has 0 spiro atoms. The molecule has 2 rings (SSSR count). The van der Waals surface area contributed by atoms with Gasteiger partial charge in [0.05, 0.1) is 6.61 Å². The zero-order chi connectivity index (χ0) is 15.1. The van der Waals surface area contributed by atoms with Crippen molar-refractivity contribution in [2.75, 3.05) is 53.6 Å². The van der Waals surface area contributed by atoms with Crippen LogP contribution in [0.1, 0.15) is 10.4 Å². The summed E-state index contributed by atoms with van der Waals surface area (Å²) in [6.45, 7) is 4.44. The summed E-state index contributed by atoms with van der Waals surface area (Å²) in [5.41, 5.74) is 3.45. The van der Waals surface area contributed by atoms with Crippen molar-refractivity contribution in [3.8, 4) is 5.88 Å². The Hall–Kier alpha value is -1.70. The quantitative estimate of drug-likeness (QED) is 0.745. The largest absolute Gasteiger partial charge is 0.475 e. The molecule has 0 saturated carbocycles. The van der Waals surface area contributed by atoms with Gasteiger partial charge < -0.3 is 14.4 Å². The molecule has 1 saturated heterocycles. The van der Waals surface area contributed by atoms with E-state index in [1.165, 1.54) is 0 Å². The highest BCUT2D eigenvalue weighted by Gasteiger charge is 2.16. The number of carbonyl (C=O) groups is 1. The number of rotatable bonds is 6. The Balaban J connectivity index is 1.88. The summed E-state index contributed by atoms with van der Waals surface area (Å²) in [7, 11) is 3.68. The lowest BCUT2D eigenvalue weighted by Crippen LogP contribution is -2.52. The number of nitrogens with zero attached hydrogens (tertiary/aromatic N) is 3. The Kier molecular flexibility index (Phi) is 5.91. The van der Waals surface area contributed by atoms with Crippen molar-refractivity contribution in [2.24, 2.45) is 0 Å². The number of amides is 1. The van der Waals surface area contributed by atoms with Crippen LogP contribution in [0.15, 0.2) is 18.3 Å². The van der Waals surface area contributed by atoms with Crippen molar-refractivity contribution >= 4 is 5.91 Å². The molecule has 1 aromatic heterocycles. The van der Waals surface area contributed by atoms with Crippen LogP contribution in [0.5, 0.6) is 5.88 Å². The molecule has 7 heteroatoms. The van der Waals surface area contributed by atoms with Crippen LogP contribution in [0.2, 0.25) is 0 Å². The summed E-state index contributed by atoms with van der Waals surface area (Å²) < 4.78 is 10.3. The number of hydrogen-bond acceptors (Lipinski definition) is 6. The number of ether oxygens (including phenoxy) is 2. The first-order valence-electron chi connectivity index (χ1n) is 7.01. The molecule has 7 nitrogen and oxygen atoms in total. The van der Waals surface area contributed by atoms with Gasteiger partial charge >= 0.3 is 0 Å². The average molecular weight is 294 g/mol. The Bertz CT molecular complexity index is 461. The molecule has 0 unspecified atom stereocenters. The minimum Gasteiger partial charge on any atom is -0.475 e. The van der Waals surface area contributed by atoms with E-state index in [0.717, 1.165) is 26.2 Å². The molecule has 0 radical (unpaired) electrons. The number of pyridine rings is 1. The van der Waals surface area contributed by atoms with E-state index in [9.17, 15) is 4.79 Å². The summed E-state index contributed by atoms with van der Waals surface area (Å²) >= 11 is 0. The van der Waals surface area contributed by atoms with Crippen LogP contribution in [0.3, 0.4) is 0 Å². The van der Waals surface area contributed by atoms with E-state index in [1.54, 1.807) is 25.4 Å². The van der Waals surface area contributed by atoms with Gasteiger partial charge in [-0.3, -0.25) is 10.2 Å². The molecule has 0 aliphatic carbocycles. The molecule has 21 heavy (non-hydrogen) atoms. The summed E-state index contributed by atoms with van der Waals surface area (Å²) in [6, 6.07) is 3.32. The molecule has 1 aromatic rings. The first-order valence-corrected chi connectivity index (χ1v) is 7.01. The zero-order valence-electron chi connectivity index (χ0n) is 12.5. The summed E-state index contributed by atoms with van der Waals surface area (Å²) in [5, 5.41) is 1.94. The van der Waals surface area contributed by atoms with Crippen molar-refractivity contribution in [2.45, 2.75) is 0 Å². The Labute approximate surface area is 124 Å². The molecule has 1 aliphatic heterocycles. The van der Waals surface area contributed by atoms with Crippen molar-refractivity contribution in [3.05, 3.63) is 23.9 Å². The van der Waals surface area contributed by atoms with Gasteiger partial charge in [0.1, 0.15) is 6.61 Å². The van der Waals surface area contributed by atoms with Gasteiger partial charge in [-0.15, -0.1) is 0 Å². The highest BCUT2D eigenvalue weighted by Crippen LogP contribution is 2.09. The molecule has 0 bridgehead atoms. The van der Waals surface area contributed by atoms with Crippen molar-refractivity contribution in [3.63, 3.8) is 0 Å². The van der Waals surface area contributed by atoms with Crippen LogP contribution in [0, 0.1) is 0 Å². The van der Waals surface area contributed by atoms with E-state index in [1.807, 2.05) is 5.01 Å². The van der Waals surface area contributed by atoms with Gasteiger partial charge in [0.15, 0.2) is 0 Å². The molecule has 1 N–H and O–H groups in total. The third-order valence-electron chi connectivity index (χ3n) is 3.30. The second-order valence-corrected chi connectivity index (χ2v) is 4.96. The monoisotopic (exact) mass is 294 g/mol. The van der Waals surface area contributed by atoms with Crippen LogP contribution in [-0.4, -0.2) is 74.4 Å². The van der Waals surface area contributed by atoms with Crippen LogP contribution >= 0.6 is 0 Å². The maximum absolute atomic E-state index is 12.2. The van der Waals surface area contributed by atoms with E-state index in [-0.39, 0.29) is 5.91 Å². The summed E-state index contributed by atoms with van der Waals surface area (Å²) in [4.78, 5) is 18.5. The smallest absolute Gasteiger partial charge is 0.265 e. The fraction of sp³-hybridized carbons (Fsp3) is 0.571. The molecular formula is C14H22N4O3. The van der Waals surface area contributed by atoms with Crippen LogP contribution in [0.25, 0.3) is 0 Å². The molecule has 1 aliphatic rings. The van der Waals surface area contributed by atoms with Crippen LogP contribution in [-0.2, 0) is 4.74 Å². The van der Waals surface area contributed by atoms with Crippen molar-refractivity contribution < 1.29 is 14.3 Å². The maximum Gasteiger partial charge on any atom is 0.265 e. The van der Waals surface area contributed by atoms with Crippen molar-refractivity contribution in [1.29, 1.82) is 0 Å². The first-order chi connectivity index (χ1) is 10.2. The number of aromatic nitrogens is 1. The Morgan fingerprint density at radius 2 is 2.10 bits per heavy atom. The maximum atomic E-state index is 12.2. The van der Waals surface area contributed by atoms with Crippen LogP contribution in [0.4, 0.5) is 0 Å². The summed E-state index contributed by atoms with van der Waals surface area (Å²) in [5.74, 6) is 0.289. The molecular weight excluding hydrogens is 272 g/mol. The number of carbonyl (C=O) groups excluding carboxylic acids is 1. The fourth-order valence-corrected chi connectivity index (χ4v) is 1.99. The van der Waals surface area contributed by atoms with E-state index in [2.05, 4.69) is 22.4 Å².